The molecular weight excluding hydrogens is 452 g/mol. The van der Waals surface area contributed by atoms with Gasteiger partial charge in [-0.2, -0.15) is 0 Å². The van der Waals surface area contributed by atoms with Crippen LogP contribution in [0.3, 0.4) is 0 Å². The lowest BCUT2D eigenvalue weighted by atomic mass is 10.0. The van der Waals surface area contributed by atoms with Crippen molar-refractivity contribution in [3.8, 4) is 16.9 Å². The minimum absolute atomic E-state index is 0.0285. The number of amides is 1. The van der Waals surface area contributed by atoms with E-state index < -0.39 is 5.82 Å². The van der Waals surface area contributed by atoms with Crippen molar-refractivity contribution >= 4 is 26.7 Å². The van der Waals surface area contributed by atoms with Gasteiger partial charge in [0.2, 0.25) is 0 Å². The molecule has 1 fully saturated rings. The van der Waals surface area contributed by atoms with Crippen molar-refractivity contribution in [2.24, 2.45) is 0 Å². The van der Waals surface area contributed by atoms with Gasteiger partial charge in [-0.05, 0) is 30.7 Å². The fraction of sp³-hybridized carbons (Fsp3) is 0.360. The summed E-state index contributed by atoms with van der Waals surface area (Å²) in [6.45, 7) is 7.65. The normalized spacial score (nSPS) is 17.8. The topological polar surface area (TPSA) is 80.2 Å². The molecule has 1 aliphatic rings. The van der Waals surface area contributed by atoms with Crippen LogP contribution in [-0.2, 0) is 0 Å². The minimum Gasteiger partial charge on any atom is -0.497 e. The predicted molar refractivity (Wildman–Crippen MR) is 135 cm³/mol. The van der Waals surface area contributed by atoms with Gasteiger partial charge in [0.1, 0.15) is 17.4 Å². The van der Waals surface area contributed by atoms with E-state index in [4.69, 9.17) is 4.74 Å². The number of ether oxygens (including phenoxy) is 1. The van der Waals surface area contributed by atoms with Gasteiger partial charge in [-0.1, -0.05) is 20.8 Å². The molecule has 1 N–H and O–H groups in total. The molecule has 178 valence electrons. The second-order valence-corrected chi connectivity index (χ2v) is 10.6. The van der Waals surface area contributed by atoms with Crippen LogP contribution in [-0.4, -0.2) is 46.2 Å². The smallest absolute Gasteiger partial charge is 0.258 e. The Morgan fingerprint density at radius 3 is 2.56 bits per heavy atom. The zero-order valence-corrected chi connectivity index (χ0v) is 21.0. The highest BCUT2D eigenvalue weighted by atomic mass is 31.0. The second-order valence-electron chi connectivity index (χ2n) is 9.17. The summed E-state index contributed by atoms with van der Waals surface area (Å²) < 4.78 is 20.3. The third-order valence-electron chi connectivity index (χ3n) is 5.89. The first-order valence-electron chi connectivity index (χ1n) is 11.2. The summed E-state index contributed by atoms with van der Waals surface area (Å²) in [7, 11) is 4.42. The Bertz CT molecular complexity index is 1200. The third-order valence-corrected chi connectivity index (χ3v) is 6.36. The maximum absolute atomic E-state index is 15.0. The predicted octanol–water partition coefficient (Wildman–Crippen LogP) is 4.91. The summed E-state index contributed by atoms with van der Waals surface area (Å²) in [5, 5.41) is 3.00. The van der Waals surface area contributed by atoms with Gasteiger partial charge in [0.15, 0.2) is 5.82 Å². The van der Waals surface area contributed by atoms with Crippen molar-refractivity contribution in [3.63, 3.8) is 0 Å². The molecule has 1 aromatic carbocycles. The molecule has 1 amide bonds. The lowest BCUT2D eigenvalue weighted by Crippen LogP contribution is -2.27. The number of anilines is 2. The molecule has 9 heteroatoms. The quantitative estimate of drug-likeness (QED) is 0.504. The van der Waals surface area contributed by atoms with E-state index in [1.807, 2.05) is 13.8 Å². The van der Waals surface area contributed by atoms with E-state index in [9.17, 15) is 9.18 Å². The number of halogens is 1. The average molecular weight is 482 g/mol. The molecule has 2 aromatic heterocycles. The van der Waals surface area contributed by atoms with Gasteiger partial charge in [-0.15, -0.1) is 9.24 Å². The number of pyridine rings is 1. The van der Waals surface area contributed by atoms with Crippen molar-refractivity contribution in [2.75, 3.05) is 30.4 Å². The molecule has 1 aliphatic heterocycles. The molecule has 3 heterocycles. The Hall–Kier alpha value is -3.12. The molecule has 1 saturated heterocycles. The van der Waals surface area contributed by atoms with Gasteiger partial charge in [-0.25, -0.2) is 19.3 Å². The number of carbonyl (C=O) groups excluding carboxylic acids is 1. The minimum atomic E-state index is -0.421. The summed E-state index contributed by atoms with van der Waals surface area (Å²) in [5.74, 6) is 1.12. The monoisotopic (exact) mass is 481 g/mol. The van der Waals surface area contributed by atoms with E-state index in [0.29, 0.717) is 39.8 Å². The average Bonchev–Trinajstić information content (AvgIpc) is 3.19. The molecule has 2 unspecified atom stereocenters. The lowest BCUT2D eigenvalue weighted by Gasteiger charge is -2.25. The largest absolute Gasteiger partial charge is 0.497 e. The number of hydrogen-bond acceptors (Lipinski definition) is 6. The number of methoxy groups -OCH3 is 1. The van der Waals surface area contributed by atoms with E-state index in [2.05, 4.69) is 41.3 Å². The van der Waals surface area contributed by atoms with E-state index in [-0.39, 0.29) is 17.0 Å². The Kier molecular flexibility index (Phi) is 6.80. The fourth-order valence-corrected chi connectivity index (χ4v) is 4.33. The second kappa shape index (κ2) is 9.63. The molecule has 0 saturated carbocycles. The maximum atomic E-state index is 15.0. The molecule has 0 bridgehead atoms. The van der Waals surface area contributed by atoms with Crippen molar-refractivity contribution < 1.29 is 13.9 Å². The molecule has 3 aromatic rings. The molecule has 4 rings (SSSR count). The molecule has 0 aliphatic carbocycles. The summed E-state index contributed by atoms with van der Waals surface area (Å²) in [6, 6.07) is 6.24. The molecule has 2 atom stereocenters. The molecule has 0 radical (unpaired) electrons. The van der Waals surface area contributed by atoms with Gasteiger partial charge in [0.25, 0.3) is 5.91 Å². The SMILES string of the molecule is COc1ccc(F)c(-c2ccnc(N3CCC(C)(P)C3)c2NC(=O)c2cnc(C(C)C)nc2)c1. The first-order valence-corrected chi connectivity index (χ1v) is 11.8. The van der Waals surface area contributed by atoms with Crippen LogP contribution in [0.25, 0.3) is 11.1 Å². The van der Waals surface area contributed by atoms with Crippen LogP contribution in [0.4, 0.5) is 15.9 Å². The number of hydrogen-bond donors (Lipinski definition) is 1. The molecule has 7 nitrogen and oxygen atoms in total. The van der Waals surface area contributed by atoms with Crippen LogP contribution >= 0.6 is 9.24 Å². The third kappa shape index (κ3) is 5.02. The van der Waals surface area contributed by atoms with Crippen molar-refractivity contribution in [1.29, 1.82) is 0 Å². The standard InChI is InChI=1S/C25H29FN5O2P/c1-15(2)22-28-12-16(13-29-22)24(32)30-21-18(19-11-17(33-4)5-6-20(19)26)7-9-27-23(21)31-10-8-25(3,34)14-31/h5-7,9,11-13,15H,8,10,14,34H2,1-4H3,(H,30,32). The van der Waals surface area contributed by atoms with E-state index in [1.165, 1.54) is 25.6 Å². The van der Waals surface area contributed by atoms with Crippen LogP contribution in [0, 0.1) is 5.82 Å². The summed E-state index contributed by atoms with van der Waals surface area (Å²) in [6.07, 6.45) is 5.61. The first kappa shape index (κ1) is 24.0. The highest BCUT2D eigenvalue weighted by Crippen LogP contribution is 2.41. The molecular formula is C25H29FN5O2P. The van der Waals surface area contributed by atoms with Crippen LogP contribution in [0.5, 0.6) is 5.75 Å². The summed E-state index contributed by atoms with van der Waals surface area (Å²) in [5.41, 5.74) is 1.59. The van der Waals surface area contributed by atoms with Gasteiger partial charge in [0, 0.05) is 53.9 Å². The highest BCUT2D eigenvalue weighted by molar-refractivity contribution is 7.19. The zero-order chi connectivity index (χ0) is 24.5. The number of carbonyl (C=O) groups is 1. The molecule has 34 heavy (non-hydrogen) atoms. The van der Waals surface area contributed by atoms with E-state index in [0.717, 1.165) is 19.5 Å². The Morgan fingerprint density at radius 2 is 1.94 bits per heavy atom. The van der Waals surface area contributed by atoms with Crippen LogP contribution in [0.15, 0.2) is 42.9 Å². The summed E-state index contributed by atoms with van der Waals surface area (Å²) in [4.78, 5) is 28.5. The highest BCUT2D eigenvalue weighted by Gasteiger charge is 2.32. The van der Waals surface area contributed by atoms with Gasteiger partial charge < -0.3 is 15.0 Å². The Morgan fingerprint density at radius 1 is 1.21 bits per heavy atom. The van der Waals surface area contributed by atoms with E-state index >= 15 is 0 Å². The van der Waals surface area contributed by atoms with Gasteiger partial charge in [-0.3, -0.25) is 4.79 Å². The maximum Gasteiger partial charge on any atom is 0.258 e. The van der Waals surface area contributed by atoms with Crippen molar-refractivity contribution in [2.45, 2.75) is 38.3 Å². The van der Waals surface area contributed by atoms with Crippen LogP contribution < -0.4 is 15.0 Å². The Balaban J connectivity index is 1.79. The zero-order valence-electron chi connectivity index (χ0n) is 19.8. The van der Waals surface area contributed by atoms with Gasteiger partial charge >= 0.3 is 0 Å². The first-order chi connectivity index (χ1) is 16.2. The number of nitrogens with zero attached hydrogens (tertiary/aromatic N) is 4. The van der Waals surface area contributed by atoms with Crippen LogP contribution in [0.2, 0.25) is 0 Å². The number of nitrogens with one attached hydrogen (secondary N) is 1. The van der Waals surface area contributed by atoms with Crippen molar-refractivity contribution in [1.82, 2.24) is 15.0 Å². The van der Waals surface area contributed by atoms with Crippen molar-refractivity contribution in [3.05, 3.63) is 60.1 Å². The number of aromatic nitrogens is 3. The lowest BCUT2D eigenvalue weighted by molar-refractivity contribution is 0.102. The number of benzene rings is 1. The summed E-state index contributed by atoms with van der Waals surface area (Å²) >= 11 is 0. The number of rotatable bonds is 6. The van der Waals surface area contributed by atoms with E-state index in [1.54, 1.807) is 24.4 Å². The fourth-order valence-electron chi connectivity index (χ4n) is 3.98. The molecule has 0 spiro atoms. The van der Waals surface area contributed by atoms with Gasteiger partial charge in [0.05, 0.1) is 18.4 Å². The Labute approximate surface area is 201 Å². The van der Waals surface area contributed by atoms with Crippen LogP contribution in [0.1, 0.15) is 49.3 Å².